The lowest BCUT2D eigenvalue weighted by Crippen LogP contribution is -2.13. The van der Waals surface area contributed by atoms with Gasteiger partial charge in [-0.25, -0.2) is 4.98 Å². The SMILES string of the molecule is COc1ccccc1NC(=O)c1ccc(NCCc2ccc(Cl)cc2)nc1. The van der Waals surface area contributed by atoms with Crippen molar-refractivity contribution in [3.8, 4) is 5.75 Å². The van der Waals surface area contributed by atoms with E-state index >= 15 is 0 Å². The number of carbonyl (C=O) groups excluding carboxylic acids is 1. The maximum atomic E-state index is 12.4. The average molecular weight is 382 g/mol. The van der Waals surface area contributed by atoms with E-state index < -0.39 is 0 Å². The van der Waals surface area contributed by atoms with Crippen LogP contribution in [0.25, 0.3) is 0 Å². The summed E-state index contributed by atoms with van der Waals surface area (Å²) >= 11 is 5.88. The van der Waals surface area contributed by atoms with Crippen LogP contribution < -0.4 is 15.4 Å². The van der Waals surface area contributed by atoms with Gasteiger partial charge in [0.15, 0.2) is 0 Å². The first-order valence-corrected chi connectivity index (χ1v) is 8.92. The van der Waals surface area contributed by atoms with Crippen LogP contribution in [0.4, 0.5) is 11.5 Å². The quantitative estimate of drug-likeness (QED) is 0.625. The summed E-state index contributed by atoms with van der Waals surface area (Å²) < 4.78 is 5.24. The number of halogens is 1. The zero-order chi connectivity index (χ0) is 19.1. The molecule has 0 bridgehead atoms. The average Bonchev–Trinajstić information content (AvgIpc) is 2.70. The third-order valence-corrected chi connectivity index (χ3v) is 4.27. The van der Waals surface area contributed by atoms with Crippen LogP contribution in [-0.4, -0.2) is 24.5 Å². The molecular formula is C21H20ClN3O2. The number of rotatable bonds is 7. The monoisotopic (exact) mass is 381 g/mol. The van der Waals surface area contributed by atoms with Gasteiger partial charge < -0.3 is 15.4 Å². The highest BCUT2D eigenvalue weighted by atomic mass is 35.5. The number of aromatic nitrogens is 1. The van der Waals surface area contributed by atoms with Crippen molar-refractivity contribution in [2.24, 2.45) is 0 Å². The van der Waals surface area contributed by atoms with Crippen molar-refractivity contribution in [2.75, 3.05) is 24.3 Å². The van der Waals surface area contributed by atoms with E-state index in [0.29, 0.717) is 17.0 Å². The number of nitrogens with one attached hydrogen (secondary N) is 2. The van der Waals surface area contributed by atoms with Gasteiger partial charge in [-0.2, -0.15) is 0 Å². The maximum Gasteiger partial charge on any atom is 0.257 e. The van der Waals surface area contributed by atoms with Crippen molar-refractivity contribution >= 4 is 29.0 Å². The molecule has 0 aliphatic heterocycles. The minimum atomic E-state index is -0.236. The first-order valence-electron chi connectivity index (χ1n) is 8.54. The zero-order valence-corrected chi connectivity index (χ0v) is 15.7. The van der Waals surface area contributed by atoms with Crippen molar-refractivity contribution in [2.45, 2.75) is 6.42 Å². The Kier molecular flexibility index (Phi) is 6.28. The fourth-order valence-corrected chi connectivity index (χ4v) is 2.69. The van der Waals surface area contributed by atoms with Crippen LogP contribution in [0, 0.1) is 0 Å². The van der Waals surface area contributed by atoms with E-state index in [-0.39, 0.29) is 5.91 Å². The van der Waals surface area contributed by atoms with E-state index in [9.17, 15) is 4.79 Å². The lowest BCUT2D eigenvalue weighted by molar-refractivity contribution is 0.102. The topological polar surface area (TPSA) is 63.2 Å². The fraction of sp³-hybridized carbons (Fsp3) is 0.143. The molecule has 0 unspecified atom stereocenters. The van der Waals surface area contributed by atoms with Crippen LogP contribution in [0.5, 0.6) is 5.75 Å². The molecule has 0 aliphatic rings. The molecule has 3 rings (SSSR count). The predicted octanol–water partition coefficient (Wildman–Crippen LogP) is 4.65. The van der Waals surface area contributed by atoms with Crippen LogP contribution in [-0.2, 0) is 6.42 Å². The summed E-state index contributed by atoms with van der Waals surface area (Å²) in [6, 6.07) is 18.6. The van der Waals surface area contributed by atoms with Gasteiger partial charge >= 0.3 is 0 Å². The molecule has 2 N–H and O–H groups in total. The number of benzene rings is 2. The van der Waals surface area contributed by atoms with E-state index in [4.69, 9.17) is 16.3 Å². The highest BCUT2D eigenvalue weighted by molar-refractivity contribution is 6.30. The second kappa shape index (κ2) is 9.05. The van der Waals surface area contributed by atoms with E-state index in [1.807, 2.05) is 36.4 Å². The van der Waals surface area contributed by atoms with E-state index in [2.05, 4.69) is 15.6 Å². The summed E-state index contributed by atoms with van der Waals surface area (Å²) in [5.74, 6) is 1.09. The standard InChI is InChI=1S/C21H20ClN3O2/c1-27-19-5-3-2-4-18(19)25-21(26)16-8-11-20(24-14-16)23-13-12-15-6-9-17(22)10-7-15/h2-11,14H,12-13H2,1H3,(H,23,24)(H,25,26). The summed E-state index contributed by atoms with van der Waals surface area (Å²) in [5, 5.41) is 6.81. The molecule has 3 aromatic rings. The van der Waals surface area contributed by atoms with Gasteiger partial charge in [0.25, 0.3) is 5.91 Å². The largest absolute Gasteiger partial charge is 0.495 e. The smallest absolute Gasteiger partial charge is 0.257 e. The lowest BCUT2D eigenvalue weighted by Gasteiger charge is -2.10. The molecule has 0 aliphatic carbocycles. The number of methoxy groups -OCH3 is 1. The van der Waals surface area contributed by atoms with Crippen molar-refractivity contribution < 1.29 is 9.53 Å². The molecule has 5 nitrogen and oxygen atoms in total. The third-order valence-electron chi connectivity index (χ3n) is 4.01. The fourth-order valence-electron chi connectivity index (χ4n) is 2.56. The molecule has 27 heavy (non-hydrogen) atoms. The minimum Gasteiger partial charge on any atom is -0.495 e. The van der Waals surface area contributed by atoms with Gasteiger partial charge in [0.1, 0.15) is 11.6 Å². The summed E-state index contributed by atoms with van der Waals surface area (Å²) in [6.07, 6.45) is 2.41. The van der Waals surface area contributed by atoms with Crippen molar-refractivity contribution in [1.82, 2.24) is 4.98 Å². The molecule has 1 amide bonds. The van der Waals surface area contributed by atoms with Crippen LogP contribution in [0.15, 0.2) is 66.9 Å². The first kappa shape index (κ1) is 18.7. The van der Waals surface area contributed by atoms with Gasteiger partial charge in [-0.3, -0.25) is 4.79 Å². The third kappa shape index (κ3) is 5.21. The molecule has 0 fully saturated rings. The number of anilines is 2. The number of carbonyl (C=O) groups is 1. The zero-order valence-electron chi connectivity index (χ0n) is 14.9. The van der Waals surface area contributed by atoms with E-state index in [1.54, 1.807) is 37.6 Å². The van der Waals surface area contributed by atoms with Gasteiger partial charge in [-0.15, -0.1) is 0 Å². The van der Waals surface area contributed by atoms with Crippen LogP contribution >= 0.6 is 11.6 Å². The normalized spacial score (nSPS) is 10.3. The molecule has 138 valence electrons. The molecule has 1 heterocycles. The van der Waals surface area contributed by atoms with Crippen LogP contribution in [0.2, 0.25) is 5.02 Å². The Morgan fingerprint density at radius 3 is 2.56 bits per heavy atom. The molecule has 0 spiro atoms. The summed E-state index contributed by atoms with van der Waals surface area (Å²) in [7, 11) is 1.57. The second-order valence-corrected chi connectivity index (χ2v) is 6.33. The van der Waals surface area contributed by atoms with Crippen molar-refractivity contribution in [3.63, 3.8) is 0 Å². The molecule has 6 heteroatoms. The highest BCUT2D eigenvalue weighted by Crippen LogP contribution is 2.23. The Morgan fingerprint density at radius 2 is 1.85 bits per heavy atom. The first-order chi connectivity index (χ1) is 13.2. The number of amides is 1. The number of para-hydroxylation sites is 2. The molecule has 0 saturated heterocycles. The molecule has 0 radical (unpaired) electrons. The van der Waals surface area contributed by atoms with Gasteiger partial charge in [0.05, 0.1) is 18.4 Å². The predicted molar refractivity (Wildman–Crippen MR) is 109 cm³/mol. The minimum absolute atomic E-state index is 0.236. The van der Waals surface area contributed by atoms with Crippen LogP contribution in [0.1, 0.15) is 15.9 Å². The van der Waals surface area contributed by atoms with Gasteiger partial charge in [0, 0.05) is 17.8 Å². The Balaban J connectivity index is 1.54. The Hall–Kier alpha value is -3.05. The molecule has 0 saturated carbocycles. The van der Waals surface area contributed by atoms with Crippen LogP contribution in [0.3, 0.4) is 0 Å². The molecule has 1 aromatic heterocycles. The van der Waals surface area contributed by atoms with Crippen molar-refractivity contribution in [3.05, 3.63) is 83.0 Å². The van der Waals surface area contributed by atoms with Crippen molar-refractivity contribution in [1.29, 1.82) is 0 Å². The number of hydrogen-bond donors (Lipinski definition) is 2. The van der Waals surface area contributed by atoms with Gasteiger partial charge in [-0.1, -0.05) is 35.9 Å². The summed E-state index contributed by atoms with van der Waals surface area (Å²) in [4.78, 5) is 16.7. The summed E-state index contributed by atoms with van der Waals surface area (Å²) in [5.41, 5.74) is 2.29. The van der Waals surface area contributed by atoms with Gasteiger partial charge in [0.2, 0.25) is 0 Å². The Morgan fingerprint density at radius 1 is 1.07 bits per heavy atom. The molecular weight excluding hydrogens is 362 g/mol. The molecule has 0 atom stereocenters. The molecule has 2 aromatic carbocycles. The Bertz CT molecular complexity index is 896. The maximum absolute atomic E-state index is 12.4. The number of pyridine rings is 1. The number of hydrogen-bond acceptors (Lipinski definition) is 4. The second-order valence-electron chi connectivity index (χ2n) is 5.89. The van der Waals surface area contributed by atoms with E-state index in [1.165, 1.54) is 5.56 Å². The lowest BCUT2D eigenvalue weighted by atomic mass is 10.1. The Labute approximate surface area is 163 Å². The number of ether oxygens (including phenoxy) is 1. The number of nitrogens with zero attached hydrogens (tertiary/aromatic N) is 1. The highest BCUT2D eigenvalue weighted by Gasteiger charge is 2.09. The summed E-state index contributed by atoms with van der Waals surface area (Å²) in [6.45, 7) is 0.737. The van der Waals surface area contributed by atoms with E-state index in [0.717, 1.165) is 23.8 Å². The van der Waals surface area contributed by atoms with Gasteiger partial charge in [-0.05, 0) is 48.4 Å².